The molecule has 1 rings (SSSR count). The molecule has 0 aromatic heterocycles. The SMILES string of the molecule is CC(C)C[N+](CC(C)C)(CC(C)C)CC(C)O.[O-]c1ccccc1. The van der Waals surface area contributed by atoms with E-state index in [2.05, 4.69) is 41.5 Å². The lowest BCUT2D eigenvalue weighted by Crippen LogP contribution is -2.57. The van der Waals surface area contributed by atoms with Gasteiger partial charge in [0.25, 0.3) is 0 Å². The highest BCUT2D eigenvalue weighted by Crippen LogP contribution is 2.19. The first-order valence-corrected chi connectivity index (χ1v) is 9.31. The summed E-state index contributed by atoms with van der Waals surface area (Å²) in [4.78, 5) is 0. The fourth-order valence-electron chi connectivity index (χ4n) is 3.75. The van der Waals surface area contributed by atoms with Crippen molar-refractivity contribution in [3.05, 3.63) is 30.3 Å². The van der Waals surface area contributed by atoms with Crippen molar-refractivity contribution >= 4 is 0 Å². The lowest BCUT2D eigenvalue weighted by Gasteiger charge is -2.43. The first-order valence-electron chi connectivity index (χ1n) is 9.31. The van der Waals surface area contributed by atoms with Crippen molar-refractivity contribution in [2.75, 3.05) is 26.2 Å². The van der Waals surface area contributed by atoms with Crippen molar-refractivity contribution in [1.29, 1.82) is 0 Å². The van der Waals surface area contributed by atoms with Crippen LogP contribution in [0.4, 0.5) is 0 Å². The summed E-state index contributed by atoms with van der Waals surface area (Å²) in [7, 11) is 0. The molecule has 140 valence electrons. The Labute approximate surface area is 149 Å². The summed E-state index contributed by atoms with van der Waals surface area (Å²) in [6.45, 7) is 20.1. The number of para-hydroxylation sites is 1. The maximum atomic E-state index is 10.3. The van der Waals surface area contributed by atoms with Gasteiger partial charge in [0, 0.05) is 17.8 Å². The molecule has 3 heteroatoms. The van der Waals surface area contributed by atoms with Gasteiger partial charge in [0.2, 0.25) is 0 Å². The maximum Gasteiger partial charge on any atom is 0.105 e. The van der Waals surface area contributed by atoms with Crippen LogP contribution in [0.2, 0.25) is 0 Å². The average molecular weight is 338 g/mol. The molecule has 0 spiro atoms. The Hall–Kier alpha value is -1.06. The van der Waals surface area contributed by atoms with Crippen molar-refractivity contribution in [2.24, 2.45) is 17.8 Å². The number of aliphatic hydroxyl groups excluding tert-OH is 1. The highest BCUT2D eigenvalue weighted by molar-refractivity contribution is 5.17. The molecule has 1 aromatic carbocycles. The minimum absolute atomic E-state index is 0.0718. The van der Waals surface area contributed by atoms with Crippen LogP contribution in [0.3, 0.4) is 0 Å². The summed E-state index contributed by atoms with van der Waals surface area (Å²) in [5.41, 5.74) is 0. The van der Waals surface area contributed by atoms with Crippen LogP contribution < -0.4 is 5.11 Å². The van der Waals surface area contributed by atoms with E-state index in [1.807, 2.05) is 13.0 Å². The monoisotopic (exact) mass is 337 g/mol. The molecule has 0 heterocycles. The molecule has 0 saturated carbocycles. The summed E-state index contributed by atoms with van der Waals surface area (Å²) in [5, 5.41) is 20.1. The first kappa shape index (κ1) is 22.9. The zero-order valence-corrected chi connectivity index (χ0v) is 16.8. The quantitative estimate of drug-likeness (QED) is 0.731. The Kier molecular flexibility index (Phi) is 11.0. The van der Waals surface area contributed by atoms with Crippen LogP contribution in [0.1, 0.15) is 48.5 Å². The van der Waals surface area contributed by atoms with Crippen molar-refractivity contribution < 1.29 is 14.7 Å². The summed E-state index contributed by atoms with van der Waals surface area (Å²) in [6.07, 6.45) is -0.203. The van der Waals surface area contributed by atoms with Crippen molar-refractivity contribution in [3.8, 4) is 5.75 Å². The van der Waals surface area contributed by atoms with E-state index >= 15 is 0 Å². The third-order valence-electron chi connectivity index (χ3n) is 3.65. The smallest absolute Gasteiger partial charge is 0.105 e. The summed E-state index contributed by atoms with van der Waals surface area (Å²) in [6, 6.07) is 8.33. The molecule has 24 heavy (non-hydrogen) atoms. The number of hydrogen-bond donors (Lipinski definition) is 1. The second-order valence-corrected chi connectivity index (χ2v) is 8.42. The lowest BCUT2D eigenvalue weighted by atomic mass is 10.0. The van der Waals surface area contributed by atoms with Gasteiger partial charge in [-0.15, -0.1) is 5.75 Å². The number of rotatable bonds is 8. The molecule has 1 N–H and O–H groups in total. The van der Waals surface area contributed by atoms with Gasteiger partial charge in [0.05, 0.1) is 19.6 Å². The van der Waals surface area contributed by atoms with E-state index in [9.17, 15) is 10.2 Å². The van der Waals surface area contributed by atoms with E-state index in [1.165, 1.54) is 31.8 Å². The highest BCUT2D eigenvalue weighted by atomic mass is 16.3. The van der Waals surface area contributed by atoms with Crippen LogP contribution in [0.15, 0.2) is 30.3 Å². The number of benzene rings is 1. The van der Waals surface area contributed by atoms with Gasteiger partial charge >= 0.3 is 0 Å². The van der Waals surface area contributed by atoms with Crippen LogP contribution in [0.25, 0.3) is 0 Å². The zero-order valence-electron chi connectivity index (χ0n) is 16.8. The molecule has 0 aliphatic carbocycles. The van der Waals surface area contributed by atoms with E-state index in [1.54, 1.807) is 12.1 Å². The molecule has 1 aromatic rings. The topological polar surface area (TPSA) is 43.3 Å². The van der Waals surface area contributed by atoms with Gasteiger partial charge in [-0.3, -0.25) is 0 Å². The Morgan fingerprint density at radius 2 is 1.12 bits per heavy atom. The minimum atomic E-state index is -0.203. The molecule has 1 unspecified atom stereocenters. The average Bonchev–Trinajstić information content (AvgIpc) is 2.35. The van der Waals surface area contributed by atoms with Crippen LogP contribution in [-0.2, 0) is 0 Å². The molecule has 3 nitrogen and oxygen atoms in total. The normalized spacial score (nSPS) is 13.1. The predicted molar refractivity (Wildman–Crippen MR) is 102 cm³/mol. The van der Waals surface area contributed by atoms with Crippen molar-refractivity contribution in [2.45, 2.75) is 54.6 Å². The number of hydrogen-bond acceptors (Lipinski definition) is 2. The second-order valence-electron chi connectivity index (χ2n) is 8.42. The largest absolute Gasteiger partial charge is 0.872 e. The zero-order chi connectivity index (χ0) is 18.8. The molecule has 1 atom stereocenters. The van der Waals surface area contributed by atoms with Crippen LogP contribution in [0, 0.1) is 17.8 Å². The summed E-state index contributed by atoms with van der Waals surface area (Å²) in [5.74, 6) is 2.13. The van der Waals surface area contributed by atoms with Gasteiger partial charge in [0.15, 0.2) is 0 Å². The van der Waals surface area contributed by atoms with Crippen molar-refractivity contribution in [3.63, 3.8) is 0 Å². The third kappa shape index (κ3) is 11.5. The van der Waals surface area contributed by atoms with Gasteiger partial charge in [0.1, 0.15) is 12.6 Å². The number of aliphatic hydroxyl groups is 1. The van der Waals surface area contributed by atoms with Crippen LogP contribution >= 0.6 is 0 Å². The summed E-state index contributed by atoms with van der Waals surface area (Å²) >= 11 is 0. The van der Waals surface area contributed by atoms with Crippen LogP contribution in [0.5, 0.6) is 5.75 Å². The first-order chi connectivity index (χ1) is 11.1. The van der Waals surface area contributed by atoms with Gasteiger partial charge in [-0.1, -0.05) is 71.9 Å². The molecule has 0 aliphatic rings. The Morgan fingerprint density at radius 1 is 0.750 bits per heavy atom. The predicted octanol–water partition coefficient (Wildman–Crippen LogP) is 3.91. The van der Waals surface area contributed by atoms with Gasteiger partial charge in [-0.2, -0.15) is 0 Å². The van der Waals surface area contributed by atoms with E-state index < -0.39 is 0 Å². The number of nitrogens with zero attached hydrogens (tertiary/aromatic N) is 1. The molecule has 0 bridgehead atoms. The van der Waals surface area contributed by atoms with Gasteiger partial charge in [-0.25, -0.2) is 0 Å². The van der Waals surface area contributed by atoms with E-state index in [-0.39, 0.29) is 11.9 Å². The van der Waals surface area contributed by atoms with Crippen LogP contribution in [-0.4, -0.2) is 41.9 Å². The minimum Gasteiger partial charge on any atom is -0.872 e. The molecular weight excluding hydrogens is 298 g/mol. The fourth-order valence-corrected chi connectivity index (χ4v) is 3.75. The number of quaternary nitrogens is 1. The molecule has 0 amide bonds. The van der Waals surface area contributed by atoms with Crippen molar-refractivity contribution in [1.82, 2.24) is 0 Å². The third-order valence-corrected chi connectivity index (χ3v) is 3.65. The second kappa shape index (κ2) is 11.5. The highest BCUT2D eigenvalue weighted by Gasteiger charge is 2.31. The maximum absolute atomic E-state index is 10.3. The van der Waals surface area contributed by atoms with E-state index in [4.69, 9.17) is 0 Å². The molecular formula is C21H39NO2. The molecule has 0 aliphatic heterocycles. The molecule has 0 saturated heterocycles. The van der Waals surface area contributed by atoms with E-state index in [0.717, 1.165) is 11.0 Å². The Balaban J connectivity index is 0.000000620. The van der Waals surface area contributed by atoms with Gasteiger partial charge in [-0.05, 0) is 6.92 Å². The molecule has 0 radical (unpaired) electrons. The Morgan fingerprint density at radius 3 is 1.33 bits per heavy atom. The van der Waals surface area contributed by atoms with E-state index in [0.29, 0.717) is 17.8 Å². The lowest BCUT2D eigenvalue weighted by molar-refractivity contribution is -0.938. The standard InChI is InChI=1S/C15H34NO.C6H6O/c1-12(2)8-16(9-13(3)4,10-14(5)6)11-15(7)17;7-6-4-2-1-3-5-6/h12-15,17H,8-11H2,1-7H3;1-5,7H/q+1;/p-1. The summed E-state index contributed by atoms with van der Waals surface area (Å²) < 4.78 is 1.07. The Bertz CT molecular complexity index is 368. The fraction of sp³-hybridized carbons (Fsp3) is 0.714. The van der Waals surface area contributed by atoms with Gasteiger partial charge < -0.3 is 14.7 Å². The molecule has 0 fully saturated rings.